The number of hydrogen-bond acceptors (Lipinski definition) is 3. The molecule has 6 heteroatoms. The van der Waals surface area contributed by atoms with E-state index in [4.69, 9.17) is 0 Å². The monoisotopic (exact) mass is 425 g/mol. The summed E-state index contributed by atoms with van der Waals surface area (Å²) in [6.07, 6.45) is 1.42. The first-order chi connectivity index (χ1) is 15.6. The van der Waals surface area contributed by atoms with E-state index in [0.29, 0.717) is 40.5 Å². The van der Waals surface area contributed by atoms with Gasteiger partial charge in [-0.1, -0.05) is 42.5 Å². The lowest BCUT2D eigenvalue weighted by Crippen LogP contribution is -2.44. The summed E-state index contributed by atoms with van der Waals surface area (Å²) >= 11 is 0. The molecule has 1 aromatic heterocycles. The van der Waals surface area contributed by atoms with Crippen molar-refractivity contribution < 1.29 is 9.59 Å². The van der Waals surface area contributed by atoms with Crippen LogP contribution < -0.4 is 10.7 Å². The van der Waals surface area contributed by atoms with Crippen LogP contribution in [0.15, 0.2) is 83.7 Å². The molecule has 0 saturated carbocycles. The number of pyridine rings is 1. The molecule has 6 nitrogen and oxygen atoms in total. The maximum atomic E-state index is 13.4. The van der Waals surface area contributed by atoms with Crippen LogP contribution in [-0.2, 0) is 16.1 Å². The van der Waals surface area contributed by atoms with E-state index in [0.717, 1.165) is 6.42 Å². The van der Waals surface area contributed by atoms with Crippen molar-refractivity contribution in [1.82, 2.24) is 9.47 Å². The summed E-state index contributed by atoms with van der Waals surface area (Å²) in [4.78, 5) is 40.9. The van der Waals surface area contributed by atoms with Crippen LogP contribution in [0.3, 0.4) is 0 Å². The van der Waals surface area contributed by atoms with E-state index in [9.17, 15) is 14.4 Å². The highest BCUT2D eigenvalue weighted by Gasteiger charge is 2.34. The lowest BCUT2D eigenvalue weighted by Gasteiger charge is -2.25. The Hall–Kier alpha value is -3.93. The first kappa shape index (κ1) is 20.0. The maximum Gasteiger partial charge on any atom is 0.247 e. The van der Waals surface area contributed by atoms with Crippen molar-refractivity contribution in [2.24, 2.45) is 0 Å². The number of fused-ring (bicyclic) bond motifs is 2. The standard InChI is InChI=1S/C26H23N3O3/c30-24(28-16-8-15-23(28)26(32)27-18-9-2-1-3-10-18)17-29-21-13-6-4-11-19(21)25(31)20-12-5-7-14-22(20)29/h1-7,9-14,23H,8,15-17H2,(H,27,32)/t23-/m0/s1. The molecule has 0 unspecified atom stereocenters. The van der Waals surface area contributed by atoms with Crippen LogP contribution in [0, 0.1) is 0 Å². The summed E-state index contributed by atoms with van der Waals surface area (Å²) in [5, 5.41) is 4.08. The first-order valence-corrected chi connectivity index (χ1v) is 10.8. The van der Waals surface area contributed by atoms with Gasteiger partial charge in [0.15, 0.2) is 5.43 Å². The van der Waals surface area contributed by atoms with Crippen molar-refractivity contribution >= 4 is 39.3 Å². The largest absolute Gasteiger partial charge is 0.331 e. The van der Waals surface area contributed by atoms with E-state index in [1.165, 1.54) is 0 Å². The van der Waals surface area contributed by atoms with E-state index >= 15 is 0 Å². The molecule has 3 aromatic carbocycles. The number of hydrogen-bond donors (Lipinski definition) is 1. The highest BCUT2D eigenvalue weighted by molar-refractivity contribution is 5.98. The number of benzene rings is 3. The predicted octanol–water partition coefficient (Wildman–Crippen LogP) is 3.78. The van der Waals surface area contributed by atoms with Crippen molar-refractivity contribution in [1.29, 1.82) is 0 Å². The number of amides is 2. The van der Waals surface area contributed by atoms with Gasteiger partial charge in [0, 0.05) is 23.0 Å². The molecule has 4 aromatic rings. The number of rotatable bonds is 4. The van der Waals surface area contributed by atoms with Crippen LogP contribution in [0.5, 0.6) is 0 Å². The normalized spacial score (nSPS) is 15.9. The number of nitrogens with zero attached hydrogens (tertiary/aromatic N) is 2. The van der Waals surface area contributed by atoms with Gasteiger partial charge in [0.1, 0.15) is 12.6 Å². The fraction of sp³-hybridized carbons (Fsp3) is 0.192. The zero-order chi connectivity index (χ0) is 22.1. The molecule has 1 fully saturated rings. The number of carbonyl (C=O) groups is 2. The summed E-state index contributed by atoms with van der Waals surface area (Å²) < 4.78 is 1.89. The predicted molar refractivity (Wildman–Crippen MR) is 126 cm³/mol. The molecular weight excluding hydrogens is 402 g/mol. The SMILES string of the molecule is O=C(Nc1ccccc1)[C@@H]1CCCN1C(=O)Cn1c2ccccc2c(=O)c2ccccc21. The van der Waals surface area contributed by atoms with E-state index in [1.54, 1.807) is 17.0 Å². The Kier molecular flexibility index (Phi) is 5.19. The minimum Gasteiger partial charge on any atom is -0.331 e. The summed E-state index contributed by atoms with van der Waals surface area (Å²) in [7, 11) is 0. The zero-order valence-electron chi connectivity index (χ0n) is 17.5. The number of para-hydroxylation sites is 3. The van der Waals surface area contributed by atoms with Crippen LogP contribution in [0.1, 0.15) is 12.8 Å². The lowest BCUT2D eigenvalue weighted by atomic mass is 10.1. The molecule has 0 radical (unpaired) electrons. The second-order valence-corrected chi connectivity index (χ2v) is 8.05. The fourth-order valence-electron chi connectivity index (χ4n) is 4.56. The van der Waals surface area contributed by atoms with Gasteiger partial charge in [-0.3, -0.25) is 14.4 Å². The Labute approximate surface area is 185 Å². The van der Waals surface area contributed by atoms with Crippen LogP contribution in [-0.4, -0.2) is 33.9 Å². The molecule has 1 N–H and O–H groups in total. The topological polar surface area (TPSA) is 71.4 Å². The zero-order valence-corrected chi connectivity index (χ0v) is 17.5. The van der Waals surface area contributed by atoms with Crippen molar-refractivity contribution in [2.75, 3.05) is 11.9 Å². The Balaban J connectivity index is 1.47. The number of likely N-dealkylation sites (tertiary alicyclic amines) is 1. The minimum absolute atomic E-state index is 0.0406. The summed E-state index contributed by atoms with van der Waals surface area (Å²) in [5.74, 6) is -0.300. The van der Waals surface area contributed by atoms with Crippen LogP contribution in [0.4, 0.5) is 5.69 Å². The Morgan fingerprint density at radius 1 is 0.844 bits per heavy atom. The molecule has 2 heterocycles. The van der Waals surface area contributed by atoms with Gasteiger partial charge in [-0.25, -0.2) is 0 Å². The van der Waals surface area contributed by atoms with Crippen molar-refractivity contribution in [3.63, 3.8) is 0 Å². The van der Waals surface area contributed by atoms with Gasteiger partial charge in [0.25, 0.3) is 0 Å². The van der Waals surface area contributed by atoms with Crippen LogP contribution in [0.2, 0.25) is 0 Å². The van der Waals surface area contributed by atoms with Gasteiger partial charge in [-0.05, 0) is 49.2 Å². The molecule has 1 atom stereocenters. The highest BCUT2D eigenvalue weighted by Crippen LogP contribution is 2.23. The quantitative estimate of drug-likeness (QED) is 0.506. The van der Waals surface area contributed by atoms with E-state index in [-0.39, 0.29) is 23.8 Å². The molecule has 160 valence electrons. The van der Waals surface area contributed by atoms with Gasteiger partial charge in [0.2, 0.25) is 11.8 Å². The number of anilines is 1. The van der Waals surface area contributed by atoms with Crippen LogP contribution in [0.25, 0.3) is 21.8 Å². The average Bonchev–Trinajstić information content (AvgIpc) is 3.33. The van der Waals surface area contributed by atoms with Gasteiger partial charge in [0.05, 0.1) is 11.0 Å². The van der Waals surface area contributed by atoms with E-state index in [2.05, 4.69) is 5.32 Å². The van der Waals surface area contributed by atoms with Crippen molar-refractivity contribution in [2.45, 2.75) is 25.4 Å². The Morgan fingerprint density at radius 2 is 1.44 bits per heavy atom. The molecule has 5 rings (SSSR count). The van der Waals surface area contributed by atoms with Gasteiger partial charge in [-0.2, -0.15) is 0 Å². The molecule has 1 saturated heterocycles. The van der Waals surface area contributed by atoms with Gasteiger partial charge in [-0.15, -0.1) is 0 Å². The summed E-state index contributed by atoms with van der Waals surface area (Å²) in [6.45, 7) is 0.609. The second kappa shape index (κ2) is 8.30. The van der Waals surface area contributed by atoms with Gasteiger partial charge >= 0.3 is 0 Å². The molecule has 0 spiro atoms. The van der Waals surface area contributed by atoms with Crippen molar-refractivity contribution in [3.05, 3.63) is 89.1 Å². The highest BCUT2D eigenvalue weighted by atomic mass is 16.2. The molecule has 0 bridgehead atoms. The second-order valence-electron chi connectivity index (χ2n) is 8.05. The van der Waals surface area contributed by atoms with Crippen molar-refractivity contribution in [3.8, 4) is 0 Å². The fourth-order valence-corrected chi connectivity index (χ4v) is 4.56. The number of carbonyl (C=O) groups excluding carboxylic acids is 2. The molecular formula is C26H23N3O3. The van der Waals surface area contributed by atoms with Gasteiger partial charge < -0.3 is 14.8 Å². The molecule has 0 aliphatic carbocycles. The lowest BCUT2D eigenvalue weighted by molar-refractivity contribution is -0.137. The van der Waals surface area contributed by atoms with E-state index < -0.39 is 6.04 Å². The third-order valence-corrected chi connectivity index (χ3v) is 6.09. The first-order valence-electron chi connectivity index (χ1n) is 10.8. The number of aromatic nitrogens is 1. The van der Waals surface area contributed by atoms with Crippen LogP contribution >= 0.6 is 0 Å². The third-order valence-electron chi connectivity index (χ3n) is 6.09. The Morgan fingerprint density at radius 3 is 2.09 bits per heavy atom. The molecule has 2 amide bonds. The Bertz CT molecular complexity index is 1320. The maximum absolute atomic E-state index is 13.4. The average molecular weight is 425 g/mol. The molecule has 32 heavy (non-hydrogen) atoms. The summed E-state index contributed by atoms with van der Waals surface area (Å²) in [6, 6.07) is 23.5. The molecule has 1 aliphatic rings. The summed E-state index contributed by atoms with van der Waals surface area (Å²) in [5.41, 5.74) is 2.11. The number of nitrogens with one attached hydrogen (secondary N) is 1. The van der Waals surface area contributed by atoms with E-state index in [1.807, 2.05) is 71.3 Å². The minimum atomic E-state index is -0.500. The smallest absolute Gasteiger partial charge is 0.247 e. The third kappa shape index (κ3) is 3.54. The molecule has 1 aliphatic heterocycles.